The van der Waals surface area contributed by atoms with Gasteiger partial charge < -0.3 is 20.1 Å². The molecule has 1 atom stereocenters. The van der Waals surface area contributed by atoms with Gasteiger partial charge in [-0.1, -0.05) is 0 Å². The summed E-state index contributed by atoms with van der Waals surface area (Å²) in [6, 6.07) is 6.36. The van der Waals surface area contributed by atoms with E-state index >= 15 is 0 Å². The number of anilines is 1. The third kappa shape index (κ3) is 3.27. The highest BCUT2D eigenvalue weighted by Gasteiger charge is 2.13. The van der Waals surface area contributed by atoms with Crippen molar-refractivity contribution in [3.8, 4) is 11.5 Å². The molecule has 1 aromatic rings. The molecule has 0 saturated carbocycles. The molecule has 17 heavy (non-hydrogen) atoms. The quantitative estimate of drug-likeness (QED) is 0.837. The number of rotatable bonds is 4. The number of benzene rings is 1. The van der Waals surface area contributed by atoms with Gasteiger partial charge in [-0.25, -0.2) is 0 Å². The van der Waals surface area contributed by atoms with E-state index in [1.165, 1.54) is 12.8 Å². The maximum Gasteiger partial charge on any atom is 0.124 e. The van der Waals surface area contributed by atoms with Gasteiger partial charge in [0.2, 0.25) is 0 Å². The average molecular weight is 236 g/mol. The van der Waals surface area contributed by atoms with E-state index in [4.69, 9.17) is 9.47 Å². The Kier molecular flexibility index (Phi) is 4.09. The molecule has 1 saturated heterocycles. The van der Waals surface area contributed by atoms with Gasteiger partial charge in [0.1, 0.15) is 11.5 Å². The highest BCUT2D eigenvalue weighted by atomic mass is 16.5. The van der Waals surface area contributed by atoms with Gasteiger partial charge in [-0.2, -0.15) is 0 Å². The molecule has 1 heterocycles. The number of hydrogen-bond acceptors (Lipinski definition) is 4. The van der Waals surface area contributed by atoms with Gasteiger partial charge in [-0.3, -0.25) is 0 Å². The van der Waals surface area contributed by atoms with Gasteiger partial charge in [0.25, 0.3) is 0 Å². The van der Waals surface area contributed by atoms with Crippen LogP contribution in [-0.2, 0) is 0 Å². The lowest BCUT2D eigenvalue weighted by Crippen LogP contribution is -2.38. The van der Waals surface area contributed by atoms with Gasteiger partial charge in [0, 0.05) is 36.5 Å². The molecular weight excluding hydrogens is 216 g/mol. The first-order chi connectivity index (χ1) is 8.31. The highest BCUT2D eigenvalue weighted by molar-refractivity contribution is 5.54. The first-order valence-electron chi connectivity index (χ1n) is 6.02. The molecule has 0 aliphatic carbocycles. The summed E-state index contributed by atoms with van der Waals surface area (Å²) in [7, 11) is 3.33. The van der Waals surface area contributed by atoms with Crippen molar-refractivity contribution in [2.75, 3.05) is 32.6 Å². The third-order valence-electron chi connectivity index (χ3n) is 3.02. The van der Waals surface area contributed by atoms with Crippen molar-refractivity contribution in [3.05, 3.63) is 18.2 Å². The van der Waals surface area contributed by atoms with Crippen molar-refractivity contribution in [2.45, 2.75) is 18.9 Å². The topological polar surface area (TPSA) is 42.5 Å². The van der Waals surface area contributed by atoms with Crippen LogP contribution in [0.5, 0.6) is 11.5 Å². The van der Waals surface area contributed by atoms with Crippen molar-refractivity contribution >= 4 is 5.69 Å². The van der Waals surface area contributed by atoms with Crippen LogP contribution in [0.4, 0.5) is 5.69 Å². The first kappa shape index (κ1) is 12.0. The summed E-state index contributed by atoms with van der Waals surface area (Å²) in [5.41, 5.74) is 1.05. The lowest BCUT2D eigenvalue weighted by Gasteiger charge is -2.25. The van der Waals surface area contributed by atoms with E-state index in [1.807, 2.05) is 18.2 Å². The van der Waals surface area contributed by atoms with Crippen molar-refractivity contribution in [2.24, 2.45) is 0 Å². The van der Waals surface area contributed by atoms with Crippen LogP contribution in [0.3, 0.4) is 0 Å². The Morgan fingerprint density at radius 1 is 1.18 bits per heavy atom. The van der Waals surface area contributed by atoms with E-state index in [9.17, 15) is 0 Å². The summed E-state index contributed by atoms with van der Waals surface area (Å²) < 4.78 is 10.5. The monoisotopic (exact) mass is 236 g/mol. The van der Waals surface area contributed by atoms with Crippen LogP contribution in [0.25, 0.3) is 0 Å². The van der Waals surface area contributed by atoms with Crippen molar-refractivity contribution in [1.29, 1.82) is 0 Å². The van der Waals surface area contributed by atoms with Crippen LogP contribution in [0.2, 0.25) is 0 Å². The molecule has 94 valence electrons. The van der Waals surface area contributed by atoms with Gasteiger partial charge in [-0.15, -0.1) is 0 Å². The van der Waals surface area contributed by atoms with Crippen LogP contribution in [0, 0.1) is 0 Å². The number of hydrogen-bond donors (Lipinski definition) is 2. The Hall–Kier alpha value is -1.42. The molecule has 1 aliphatic rings. The molecule has 0 aromatic heterocycles. The fourth-order valence-electron chi connectivity index (χ4n) is 2.10. The van der Waals surface area contributed by atoms with E-state index in [2.05, 4.69) is 10.6 Å². The number of ether oxygens (including phenoxy) is 2. The number of methoxy groups -OCH3 is 2. The SMILES string of the molecule is COc1cc(N[C@H]2CCCNC2)cc(OC)c1. The van der Waals surface area contributed by atoms with E-state index in [1.54, 1.807) is 14.2 Å². The molecule has 0 bridgehead atoms. The fourth-order valence-corrected chi connectivity index (χ4v) is 2.10. The molecule has 0 amide bonds. The van der Waals surface area contributed by atoms with E-state index in [0.29, 0.717) is 6.04 Å². The third-order valence-corrected chi connectivity index (χ3v) is 3.02. The first-order valence-corrected chi connectivity index (χ1v) is 6.02. The molecule has 0 spiro atoms. The van der Waals surface area contributed by atoms with E-state index < -0.39 is 0 Å². The molecule has 0 unspecified atom stereocenters. The largest absolute Gasteiger partial charge is 0.497 e. The van der Waals surface area contributed by atoms with Crippen molar-refractivity contribution < 1.29 is 9.47 Å². The average Bonchev–Trinajstić information content (AvgIpc) is 2.39. The zero-order chi connectivity index (χ0) is 12.1. The minimum atomic E-state index is 0.487. The summed E-state index contributed by atoms with van der Waals surface area (Å²) in [5, 5.41) is 6.90. The van der Waals surface area contributed by atoms with Gasteiger partial charge in [-0.05, 0) is 19.4 Å². The van der Waals surface area contributed by atoms with Crippen LogP contribution < -0.4 is 20.1 Å². The Bertz CT molecular complexity index is 340. The molecule has 4 heteroatoms. The fraction of sp³-hybridized carbons (Fsp3) is 0.538. The van der Waals surface area contributed by atoms with Crippen LogP contribution >= 0.6 is 0 Å². The van der Waals surface area contributed by atoms with Crippen LogP contribution in [0.1, 0.15) is 12.8 Å². The zero-order valence-corrected chi connectivity index (χ0v) is 10.5. The molecule has 1 fully saturated rings. The van der Waals surface area contributed by atoms with Gasteiger partial charge in [0.05, 0.1) is 14.2 Å². The summed E-state index contributed by atoms with van der Waals surface area (Å²) in [4.78, 5) is 0. The summed E-state index contributed by atoms with van der Waals surface area (Å²) in [6.45, 7) is 2.14. The predicted octanol–water partition coefficient (Wildman–Crippen LogP) is 1.87. The molecule has 1 aliphatic heterocycles. The highest BCUT2D eigenvalue weighted by Crippen LogP contribution is 2.26. The second-order valence-electron chi connectivity index (χ2n) is 4.29. The molecule has 2 N–H and O–H groups in total. The molecule has 4 nitrogen and oxygen atoms in total. The number of piperidine rings is 1. The zero-order valence-electron chi connectivity index (χ0n) is 10.5. The Morgan fingerprint density at radius 2 is 1.88 bits per heavy atom. The van der Waals surface area contributed by atoms with Gasteiger partial charge in [0.15, 0.2) is 0 Å². The molecule has 1 aromatic carbocycles. The van der Waals surface area contributed by atoms with Crippen molar-refractivity contribution in [1.82, 2.24) is 5.32 Å². The Morgan fingerprint density at radius 3 is 2.41 bits per heavy atom. The Balaban J connectivity index is 2.07. The summed E-state index contributed by atoms with van der Waals surface area (Å²) >= 11 is 0. The maximum atomic E-state index is 5.25. The lowest BCUT2D eigenvalue weighted by molar-refractivity contribution is 0.394. The maximum absolute atomic E-state index is 5.25. The normalized spacial score (nSPS) is 19.8. The van der Waals surface area contributed by atoms with E-state index in [0.717, 1.165) is 30.3 Å². The van der Waals surface area contributed by atoms with Crippen molar-refractivity contribution in [3.63, 3.8) is 0 Å². The molecular formula is C13H20N2O2. The summed E-state index contributed by atoms with van der Waals surface area (Å²) in [6.07, 6.45) is 2.42. The van der Waals surface area contributed by atoms with Crippen LogP contribution in [-0.4, -0.2) is 33.4 Å². The molecule has 0 radical (unpaired) electrons. The smallest absolute Gasteiger partial charge is 0.124 e. The van der Waals surface area contributed by atoms with E-state index in [-0.39, 0.29) is 0 Å². The lowest BCUT2D eigenvalue weighted by atomic mass is 10.1. The second kappa shape index (κ2) is 5.77. The molecule has 2 rings (SSSR count). The Labute approximate surface area is 102 Å². The minimum Gasteiger partial charge on any atom is -0.497 e. The predicted molar refractivity (Wildman–Crippen MR) is 69.1 cm³/mol. The van der Waals surface area contributed by atoms with Gasteiger partial charge >= 0.3 is 0 Å². The standard InChI is InChI=1S/C13H20N2O2/c1-16-12-6-11(7-13(8-12)17-2)15-10-4-3-5-14-9-10/h6-8,10,14-15H,3-5,9H2,1-2H3/t10-/m0/s1. The number of nitrogens with one attached hydrogen (secondary N) is 2. The minimum absolute atomic E-state index is 0.487. The van der Waals surface area contributed by atoms with Crippen LogP contribution in [0.15, 0.2) is 18.2 Å². The second-order valence-corrected chi connectivity index (χ2v) is 4.29. The summed E-state index contributed by atoms with van der Waals surface area (Å²) in [5.74, 6) is 1.63.